The first-order valence-corrected chi connectivity index (χ1v) is 7.43. The van der Waals surface area contributed by atoms with E-state index in [1.54, 1.807) is 22.7 Å². The molecule has 0 aromatic carbocycles. The Kier molecular flexibility index (Phi) is 3.79. The summed E-state index contributed by atoms with van der Waals surface area (Å²) in [5, 5.41) is 4.33. The molecule has 16 heavy (non-hydrogen) atoms. The lowest BCUT2D eigenvalue weighted by atomic mass is 10.3. The van der Waals surface area contributed by atoms with Crippen LogP contribution >= 0.6 is 38.6 Å². The number of nitrogens with one attached hydrogen (secondary N) is 1. The van der Waals surface area contributed by atoms with Crippen LogP contribution in [-0.2, 0) is 0 Å². The molecule has 1 N–H and O–H groups in total. The number of halogens is 1. The predicted molar refractivity (Wildman–Crippen MR) is 75.3 cm³/mol. The number of rotatable bonds is 3. The maximum atomic E-state index is 4.48. The molecule has 1 unspecified atom stereocenters. The summed E-state index contributed by atoms with van der Waals surface area (Å²) in [6.45, 7) is 4.26. The van der Waals surface area contributed by atoms with E-state index in [0.29, 0.717) is 6.04 Å². The van der Waals surface area contributed by atoms with E-state index >= 15 is 0 Å². The van der Waals surface area contributed by atoms with Crippen molar-refractivity contribution in [1.82, 2.24) is 10.3 Å². The number of aromatic nitrogens is 1. The van der Waals surface area contributed by atoms with Gasteiger partial charge in [0, 0.05) is 26.5 Å². The standard InChI is InChI=1S/C11H13BrN2S2/c1-6(13-3)10-5-14-11(16-10)9-4-8(12)7(2)15-9/h4-6,13H,1-3H3. The number of thiazole rings is 1. The van der Waals surface area contributed by atoms with Gasteiger partial charge < -0.3 is 5.32 Å². The van der Waals surface area contributed by atoms with Crippen molar-refractivity contribution in [3.63, 3.8) is 0 Å². The molecule has 0 aliphatic heterocycles. The molecule has 0 aliphatic rings. The van der Waals surface area contributed by atoms with Gasteiger partial charge in [-0.3, -0.25) is 0 Å². The maximum Gasteiger partial charge on any atom is 0.133 e. The largest absolute Gasteiger partial charge is 0.312 e. The Balaban J connectivity index is 2.31. The van der Waals surface area contributed by atoms with E-state index in [4.69, 9.17) is 0 Å². The van der Waals surface area contributed by atoms with E-state index in [1.807, 2.05) is 13.2 Å². The quantitative estimate of drug-likeness (QED) is 0.917. The molecule has 0 spiro atoms. The molecule has 1 atom stereocenters. The number of hydrogen-bond acceptors (Lipinski definition) is 4. The number of thiophene rings is 1. The third-order valence-corrected chi connectivity index (χ3v) is 5.94. The molecule has 0 aliphatic carbocycles. The summed E-state index contributed by atoms with van der Waals surface area (Å²) in [7, 11) is 1.97. The Morgan fingerprint density at radius 3 is 2.75 bits per heavy atom. The lowest BCUT2D eigenvalue weighted by Gasteiger charge is -2.04. The average molecular weight is 317 g/mol. The van der Waals surface area contributed by atoms with Crippen LogP contribution in [-0.4, -0.2) is 12.0 Å². The van der Waals surface area contributed by atoms with Crippen molar-refractivity contribution in [3.8, 4) is 9.88 Å². The zero-order valence-electron chi connectivity index (χ0n) is 9.37. The van der Waals surface area contributed by atoms with Gasteiger partial charge in [-0.25, -0.2) is 4.98 Å². The fraction of sp³-hybridized carbons (Fsp3) is 0.364. The molecule has 2 aromatic heterocycles. The molecule has 2 nitrogen and oxygen atoms in total. The summed E-state index contributed by atoms with van der Waals surface area (Å²) in [6, 6.07) is 2.52. The van der Waals surface area contributed by atoms with Crippen LogP contribution in [0.3, 0.4) is 0 Å². The van der Waals surface area contributed by atoms with Gasteiger partial charge in [0.2, 0.25) is 0 Å². The minimum absolute atomic E-state index is 0.371. The van der Waals surface area contributed by atoms with Crippen LogP contribution in [0, 0.1) is 6.92 Å². The minimum Gasteiger partial charge on any atom is -0.312 e. The molecule has 0 radical (unpaired) electrons. The van der Waals surface area contributed by atoms with E-state index in [-0.39, 0.29) is 0 Å². The minimum atomic E-state index is 0.371. The Hall–Kier alpha value is -0.230. The van der Waals surface area contributed by atoms with Crippen LogP contribution < -0.4 is 5.32 Å². The molecule has 86 valence electrons. The van der Waals surface area contributed by atoms with Gasteiger partial charge in [-0.1, -0.05) is 0 Å². The van der Waals surface area contributed by atoms with E-state index in [2.05, 4.69) is 46.1 Å². The van der Waals surface area contributed by atoms with Gasteiger partial charge in [0.05, 0.1) is 4.88 Å². The van der Waals surface area contributed by atoms with Crippen LogP contribution in [0.2, 0.25) is 0 Å². The molecule has 2 rings (SSSR count). The Morgan fingerprint density at radius 1 is 1.44 bits per heavy atom. The normalized spacial score (nSPS) is 13.0. The average Bonchev–Trinajstić information content (AvgIpc) is 2.86. The molecule has 0 saturated carbocycles. The molecule has 0 bridgehead atoms. The van der Waals surface area contributed by atoms with Gasteiger partial charge in [-0.05, 0) is 42.9 Å². The molecule has 0 amide bonds. The van der Waals surface area contributed by atoms with E-state index < -0.39 is 0 Å². The van der Waals surface area contributed by atoms with Gasteiger partial charge >= 0.3 is 0 Å². The summed E-state index contributed by atoms with van der Waals surface area (Å²) in [6.07, 6.45) is 1.96. The van der Waals surface area contributed by atoms with Gasteiger partial charge in [-0.15, -0.1) is 22.7 Å². The Labute approximate surface area is 112 Å². The molecule has 5 heteroatoms. The summed E-state index contributed by atoms with van der Waals surface area (Å²) in [4.78, 5) is 8.29. The lowest BCUT2D eigenvalue weighted by Crippen LogP contribution is -2.10. The summed E-state index contributed by atoms with van der Waals surface area (Å²) in [5.41, 5.74) is 0. The van der Waals surface area contributed by atoms with Crippen LogP contribution in [0.25, 0.3) is 9.88 Å². The van der Waals surface area contributed by atoms with Crippen molar-refractivity contribution >= 4 is 38.6 Å². The second kappa shape index (κ2) is 4.96. The first kappa shape index (κ1) is 12.2. The molecule has 2 heterocycles. The monoisotopic (exact) mass is 316 g/mol. The fourth-order valence-electron chi connectivity index (χ4n) is 1.31. The van der Waals surface area contributed by atoms with Crippen molar-refractivity contribution < 1.29 is 0 Å². The molecular formula is C11H13BrN2S2. The van der Waals surface area contributed by atoms with Gasteiger partial charge in [0.25, 0.3) is 0 Å². The first-order chi connectivity index (χ1) is 7.61. The number of nitrogens with zero attached hydrogens (tertiary/aromatic N) is 1. The highest BCUT2D eigenvalue weighted by Crippen LogP contribution is 2.36. The Bertz CT molecular complexity index is 470. The highest BCUT2D eigenvalue weighted by molar-refractivity contribution is 9.10. The van der Waals surface area contributed by atoms with E-state index in [9.17, 15) is 0 Å². The van der Waals surface area contributed by atoms with Crippen molar-refractivity contribution in [2.24, 2.45) is 0 Å². The molecular weight excluding hydrogens is 304 g/mol. The smallest absolute Gasteiger partial charge is 0.133 e. The Morgan fingerprint density at radius 2 is 2.19 bits per heavy atom. The summed E-state index contributed by atoms with van der Waals surface area (Å²) in [5.74, 6) is 0. The lowest BCUT2D eigenvalue weighted by molar-refractivity contribution is 0.662. The zero-order valence-corrected chi connectivity index (χ0v) is 12.6. The van der Waals surface area contributed by atoms with Crippen LogP contribution in [0.1, 0.15) is 22.7 Å². The SMILES string of the molecule is CNC(C)c1cnc(-c2cc(Br)c(C)s2)s1. The topological polar surface area (TPSA) is 24.9 Å². The van der Waals surface area contributed by atoms with Gasteiger partial charge in [0.1, 0.15) is 5.01 Å². The maximum absolute atomic E-state index is 4.48. The molecule has 0 saturated heterocycles. The van der Waals surface area contributed by atoms with Crippen molar-refractivity contribution in [3.05, 3.63) is 26.5 Å². The highest BCUT2D eigenvalue weighted by atomic mass is 79.9. The summed E-state index contributed by atoms with van der Waals surface area (Å²) < 4.78 is 1.17. The van der Waals surface area contributed by atoms with Gasteiger partial charge in [0.15, 0.2) is 0 Å². The zero-order chi connectivity index (χ0) is 11.7. The third-order valence-electron chi connectivity index (χ3n) is 2.45. The fourth-order valence-corrected chi connectivity index (χ4v) is 3.87. The van der Waals surface area contributed by atoms with Crippen LogP contribution in [0.15, 0.2) is 16.7 Å². The number of aryl methyl sites for hydroxylation is 1. The highest BCUT2D eigenvalue weighted by Gasteiger charge is 2.12. The van der Waals surface area contributed by atoms with Crippen LogP contribution in [0.4, 0.5) is 0 Å². The summed E-state index contributed by atoms with van der Waals surface area (Å²) >= 11 is 7.08. The second-order valence-corrected chi connectivity index (χ2v) is 6.77. The third kappa shape index (κ3) is 2.37. The van der Waals surface area contributed by atoms with Crippen LogP contribution in [0.5, 0.6) is 0 Å². The van der Waals surface area contributed by atoms with E-state index in [0.717, 1.165) is 5.01 Å². The second-order valence-electron chi connectivity index (χ2n) is 3.59. The van der Waals surface area contributed by atoms with Gasteiger partial charge in [-0.2, -0.15) is 0 Å². The van der Waals surface area contributed by atoms with E-state index in [1.165, 1.54) is 19.1 Å². The van der Waals surface area contributed by atoms with Crippen molar-refractivity contribution in [2.45, 2.75) is 19.9 Å². The number of hydrogen-bond donors (Lipinski definition) is 1. The van der Waals surface area contributed by atoms with Crippen molar-refractivity contribution in [1.29, 1.82) is 0 Å². The molecule has 2 aromatic rings. The molecule has 0 fully saturated rings. The first-order valence-electron chi connectivity index (χ1n) is 5.01. The predicted octanol–water partition coefficient (Wildman–Crippen LogP) is 4.22. The van der Waals surface area contributed by atoms with Crippen molar-refractivity contribution in [2.75, 3.05) is 7.05 Å².